The maximum atomic E-state index is 12.6. The number of aryl methyl sites for hydroxylation is 1. The molecule has 1 saturated heterocycles. The number of nitrogens with one attached hydrogen (secondary N) is 1. The predicted octanol–water partition coefficient (Wildman–Crippen LogP) is 2.18. The van der Waals surface area contributed by atoms with Gasteiger partial charge in [-0.15, -0.1) is 0 Å². The molecule has 148 valence electrons. The average Bonchev–Trinajstić information content (AvgIpc) is 2.68. The lowest BCUT2D eigenvalue weighted by Crippen LogP contribution is -2.40. The second kappa shape index (κ2) is 8.05. The van der Waals surface area contributed by atoms with Crippen LogP contribution < -0.4 is 5.32 Å². The van der Waals surface area contributed by atoms with Crippen molar-refractivity contribution >= 4 is 27.3 Å². The van der Waals surface area contributed by atoms with Gasteiger partial charge in [-0.25, -0.2) is 8.42 Å². The molecule has 1 amide bonds. The van der Waals surface area contributed by atoms with Gasteiger partial charge in [0.2, 0.25) is 10.0 Å². The number of ether oxygens (including phenoxy) is 1. The highest BCUT2D eigenvalue weighted by Crippen LogP contribution is 2.23. The molecule has 0 saturated carbocycles. The zero-order valence-corrected chi connectivity index (χ0v) is 15.9. The molecule has 0 atom stereocenters. The van der Waals surface area contributed by atoms with Gasteiger partial charge < -0.3 is 10.1 Å². The number of nitrogens with zero attached hydrogens (tertiary/aromatic N) is 2. The fourth-order valence-corrected chi connectivity index (χ4v) is 4.24. The topological polar surface area (TPSA) is 119 Å². The van der Waals surface area contributed by atoms with Crippen LogP contribution in [0.15, 0.2) is 47.4 Å². The Hall–Kier alpha value is -2.82. The first-order chi connectivity index (χ1) is 13.3. The van der Waals surface area contributed by atoms with E-state index in [9.17, 15) is 23.3 Å². The van der Waals surface area contributed by atoms with E-state index in [1.165, 1.54) is 40.7 Å². The van der Waals surface area contributed by atoms with Crippen LogP contribution in [0.25, 0.3) is 0 Å². The molecule has 0 spiro atoms. The summed E-state index contributed by atoms with van der Waals surface area (Å²) >= 11 is 0. The fraction of sp³-hybridized carbons (Fsp3) is 0.278. The number of hydrogen-bond donors (Lipinski definition) is 1. The highest BCUT2D eigenvalue weighted by Gasteiger charge is 2.26. The molecule has 2 aromatic rings. The van der Waals surface area contributed by atoms with Crippen molar-refractivity contribution in [2.45, 2.75) is 11.8 Å². The quantitative estimate of drug-likeness (QED) is 0.601. The van der Waals surface area contributed by atoms with Crippen LogP contribution in [0.3, 0.4) is 0 Å². The van der Waals surface area contributed by atoms with Crippen molar-refractivity contribution < 1.29 is 22.9 Å². The van der Waals surface area contributed by atoms with Gasteiger partial charge in [0, 0.05) is 24.8 Å². The van der Waals surface area contributed by atoms with Crippen molar-refractivity contribution in [2.75, 3.05) is 31.6 Å². The number of morpholine rings is 1. The van der Waals surface area contributed by atoms with Crippen LogP contribution in [0, 0.1) is 17.0 Å². The monoisotopic (exact) mass is 405 g/mol. The standard InChI is InChI=1S/C18H19N3O6S/c1-13-2-7-17(21(23)24)16(12-13)18(22)19-14-3-5-15(6-4-14)28(25,26)20-8-10-27-11-9-20/h2-7,12H,8-11H2,1H3,(H,19,22). The van der Waals surface area contributed by atoms with Gasteiger partial charge in [0.05, 0.1) is 23.0 Å². The van der Waals surface area contributed by atoms with Crippen molar-refractivity contribution in [3.8, 4) is 0 Å². The van der Waals surface area contributed by atoms with Crippen LogP contribution >= 0.6 is 0 Å². The van der Waals surface area contributed by atoms with Crippen molar-refractivity contribution in [2.24, 2.45) is 0 Å². The van der Waals surface area contributed by atoms with Gasteiger partial charge in [-0.3, -0.25) is 14.9 Å². The normalized spacial score (nSPS) is 15.2. The number of nitro benzene ring substituents is 1. The molecule has 0 bridgehead atoms. The summed E-state index contributed by atoms with van der Waals surface area (Å²) in [5, 5.41) is 13.7. The summed E-state index contributed by atoms with van der Waals surface area (Å²) in [6.07, 6.45) is 0. The molecule has 9 nitrogen and oxygen atoms in total. The molecule has 3 rings (SSSR count). The van der Waals surface area contributed by atoms with Crippen LogP contribution in [0.5, 0.6) is 0 Å². The molecule has 0 aromatic heterocycles. The van der Waals surface area contributed by atoms with E-state index in [2.05, 4.69) is 5.32 Å². The Bertz CT molecular complexity index is 998. The number of benzene rings is 2. The van der Waals surface area contributed by atoms with Gasteiger partial charge in [0.25, 0.3) is 11.6 Å². The van der Waals surface area contributed by atoms with Gasteiger partial charge >= 0.3 is 0 Å². The van der Waals surface area contributed by atoms with Crippen molar-refractivity contribution in [1.82, 2.24) is 4.31 Å². The van der Waals surface area contributed by atoms with Gasteiger partial charge in [-0.1, -0.05) is 6.07 Å². The Morgan fingerprint density at radius 2 is 1.79 bits per heavy atom. The average molecular weight is 405 g/mol. The summed E-state index contributed by atoms with van der Waals surface area (Å²) in [5.41, 5.74) is 0.689. The SMILES string of the molecule is Cc1ccc([N+](=O)[O-])c(C(=O)Nc2ccc(S(=O)(=O)N3CCOCC3)cc2)c1. The first-order valence-corrected chi connectivity index (χ1v) is 9.97. The molecule has 1 N–H and O–H groups in total. The molecule has 0 aliphatic carbocycles. The minimum atomic E-state index is -3.63. The van der Waals surface area contributed by atoms with Crippen LogP contribution in [-0.4, -0.2) is 49.9 Å². The molecule has 1 aliphatic rings. The first-order valence-electron chi connectivity index (χ1n) is 8.53. The first kappa shape index (κ1) is 19.9. The summed E-state index contributed by atoms with van der Waals surface area (Å²) < 4.78 is 31.7. The van der Waals surface area contributed by atoms with Crippen LogP contribution in [0.1, 0.15) is 15.9 Å². The summed E-state index contributed by atoms with van der Waals surface area (Å²) in [7, 11) is -3.63. The number of amides is 1. The summed E-state index contributed by atoms with van der Waals surface area (Å²) in [6, 6.07) is 9.96. The molecular weight excluding hydrogens is 386 g/mol. The third kappa shape index (κ3) is 4.19. The van der Waals surface area contributed by atoms with Crippen LogP contribution in [0.2, 0.25) is 0 Å². The lowest BCUT2D eigenvalue weighted by atomic mass is 10.1. The molecule has 1 aliphatic heterocycles. The number of sulfonamides is 1. The minimum absolute atomic E-state index is 0.0602. The van der Waals surface area contributed by atoms with Gasteiger partial charge in [0.1, 0.15) is 5.56 Å². The van der Waals surface area contributed by atoms with E-state index in [1.54, 1.807) is 13.0 Å². The lowest BCUT2D eigenvalue weighted by molar-refractivity contribution is -0.385. The zero-order chi connectivity index (χ0) is 20.3. The predicted molar refractivity (Wildman–Crippen MR) is 102 cm³/mol. The van der Waals surface area contributed by atoms with Crippen LogP contribution in [-0.2, 0) is 14.8 Å². The minimum Gasteiger partial charge on any atom is -0.379 e. The Labute approximate surface area is 162 Å². The van der Waals surface area contributed by atoms with Gasteiger partial charge in [-0.2, -0.15) is 4.31 Å². The fourth-order valence-electron chi connectivity index (χ4n) is 2.84. The molecular formula is C18H19N3O6S. The Morgan fingerprint density at radius 1 is 1.14 bits per heavy atom. The van der Waals surface area contributed by atoms with Gasteiger partial charge in [-0.05, 0) is 42.8 Å². The Morgan fingerprint density at radius 3 is 2.39 bits per heavy atom. The van der Waals surface area contributed by atoms with E-state index in [0.717, 1.165) is 0 Å². The number of carbonyl (C=O) groups is 1. The lowest BCUT2D eigenvalue weighted by Gasteiger charge is -2.26. The molecule has 0 radical (unpaired) electrons. The number of carbonyl (C=O) groups excluding carboxylic acids is 1. The van der Waals surface area contributed by atoms with Crippen molar-refractivity contribution in [1.29, 1.82) is 0 Å². The molecule has 1 fully saturated rings. The highest BCUT2D eigenvalue weighted by molar-refractivity contribution is 7.89. The number of nitro groups is 1. The summed E-state index contributed by atoms with van der Waals surface area (Å²) in [5.74, 6) is -0.640. The molecule has 1 heterocycles. The third-order valence-electron chi connectivity index (χ3n) is 4.31. The van der Waals surface area contributed by atoms with Crippen molar-refractivity contribution in [3.63, 3.8) is 0 Å². The largest absolute Gasteiger partial charge is 0.379 e. The molecule has 2 aromatic carbocycles. The summed E-state index contributed by atoms with van der Waals surface area (Å²) in [4.78, 5) is 23.1. The van der Waals surface area contributed by atoms with Crippen LogP contribution in [0.4, 0.5) is 11.4 Å². The number of anilines is 1. The zero-order valence-electron chi connectivity index (χ0n) is 15.1. The molecule has 10 heteroatoms. The maximum absolute atomic E-state index is 12.6. The second-order valence-corrected chi connectivity index (χ2v) is 8.21. The molecule has 28 heavy (non-hydrogen) atoms. The Kier molecular flexibility index (Phi) is 5.73. The van der Waals surface area contributed by atoms with E-state index < -0.39 is 20.9 Å². The Balaban J connectivity index is 1.79. The third-order valence-corrected chi connectivity index (χ3v) is 6.23. The van der Waals surface area contributed by atoms with E-state index >= 15 is 0 Å². The highest BCUT2D eigenvalue weighted by atomic mass is 32.2. The van der Waals surface area contributed by atoms with Gasteiger partial charge in [0.15, 0.2) is 0 Å². The van der Waals surface area contributed by atoms with E-state index in [4.69, 9.17) is 4.74 Å². The summed E-state index contributed by atoms with van der Waals surface area (Å²) in [6.45, 7) is 3.01. The second-order valence-electron chi connectivity index (χ2n) is 6.27. The maximum Gasteiger partial charge on any atom is 0.282 e. The number of hydrogen-bond acceptors (Lipinski definition) is 6. The van der Waals surface area contributed by atoms with E-state index in [0.29, 0.717) is 24.5 Å². The van der Waals surface area contributed by atoms with E-state index in [-0.39, 0.29) is 29.2 Å². The smallest absolute Gasteiger partial charge is 0.282 e. The molecule has 0 unspecified atom stereocenters. The number of rotatable bonds is 5. The van der Waals surface area contributed by atoms with Crippen molar-refractivity contribution in [3.05, 3.63) is 63.7 Å². The van der Waals surface area contributed by atoms with E-state index in [1.807, 2.05) is 0 Å².